The van der Waals surface area contributed by atoms with Crippen LogP contribution in [0.5, 0.6) is 5.75 Å². The van der Waals surface area contributed by atoms with Crippen LogP contribution >= 0.6 is 0 Å². The van der Waals surface area contributed by atoms with Crippen LogP contribution in [0.4, 0.5) is 4.79 Å². The second-order valence-electron chi connectivity index (χ2n) is 11.2. The molecule has 37 heavy (non-hydrogen) atoms. The molecule has 1 aliphatic rings. The molecule has 0 bridgehead atoms. The van der Waals surface area contributed by atoms with Gasteiger partial charge in [-0.2, -0.15) is 0 Å². The molecule has 2 aromatic rings. The average molecular weight is 528 g/mol. The Morgan fingerprint density at radius 1 is 1.03 bits per heavy atom. The van der Waals surface area contributed by atoms with Crippen LogP contribution in [-0.2, 0) is 25.3 Å². The van der Waals surface area contributed by atoms with Gasteiger partial charge >= 0.3 is 12.1 Å². The number of nitrogens with zero attached hydrogens (tertiary/aromatic N) is 1. The quantitative estimate of drug-likeness (QED) is 0.330. The number of esters is 1. The van der Waals surface area contributed by atoms with Crippen molar-refractivity contribution in [3.63, 3.8) is 0 Å². The molecule has 0 aromatic heterocycles. The van der Waals surface area contributed by atoms with Gasteiger partial charge < -0.3 is 23.9 Å². The zero-order valence-electron chi connectivity index (χ0n) is 22.9. The zero-order chi connectivity index (χ0) is 27.2. The molecule has 0 saturated carbocycles. The number of carbonyl (C=O) groups is 2. The number of piperidine rings is 1. The van der Waals surface area contributed by atoms with Gasteiger partial charge in [0.05, 0.1) is 25.2 Å². The van der Waals surface area contributed by atoms with Gasteiger partial charge in [0.25, 0.3) is 0 Å². The van der Waals surface area contributed by atoms with Crippen molar-refractivity contribution >= 4 is 20.4 Å². The molecule has 202 valence electrons. The van der Waals surface area contributed by atoms with E-state index in [0.29, 0.717) is 13.0 Å². The molecule has 7 nitrogen and oxygen atoms in total. The van der Waals surface area contributed by atoms with Crippen molar-refractivity contribution in [1.29, 1.82) is 0 Å². The first kappa shape index (κ1) is 28.7. The van der Waals surface area contributed by atoms with Crippen molar-refractivity contribution in [3.8, 4) is 5.75 Å². The SMILES string of the molecule is CCOC(=O)C1CN(C(=O)OCc2ccccc2)C(CO[Si](C)(C)C(C)(C)C)CC1c1ccc(O)cc1. The minimum Gasteiger partial charge on any atom is -0.508 e. The molecule has 3 unspecified atom stereocenters. The fraction of sp³-hybridized carbons (Fsp3) is 0.517. The molecule has 0 spiro atoms. The second-order valence-corrected chi connectivity index (χ2v) is 16.0. The highest BCUT2D eigenvalue weighted by molar-refractivity contribution is 6.74. The molecule has 1 fully saturated rings. The molecule has 1 aliphatic heterocycles. The first-order valence-electron chi connectivity index (χ1n) is 13.0. The second kappa shape index (κ2) is 12.1. The van der Waals surface area contributed by atoms with E-state index in [9.17, 15) is 14.7 Å². The van der Waals surface area contributed by atoms with E-state index in [0.717, 1.165) is 11.1 Å². The normalized spacial score (nSPS) is 20.4. The summed E-state index contributed by atoms with van der Waals surface area (Å²) in [5, 5.41) is 9.83. The molecule has 3 rings (SSSR count). The third-order valence-electron chi connectivity index (χ3n) is 7.64. The Morgan fingerprint density at radius 2 is 1.68 bits per heavy atom. The summed E-state index contributed by atoms with van der Waals surface area (Å²) in [6.45, 7) is 13.6. The van der Waals surface area contributed by atoms with E-state index in [1.165, 1.54) is 0 Å². The Labute approximate surface area is 221 Å². The Bertz CT molecular complexity index is 1030. The van der Waals surface area contributed by atoms with Crippen molar-refractivity contribution in [2.75, 3.05) is 19.8 Å². The van der Waals surface area contributed by atoms with Gasteiger partial charge in [0.1, 0.15) is 12.4 Å². The number of likely N-dealkylation sites (tertiary alicyclic amines) is 1. The summed E-state index contributed by atoms with van der Waals surface area (Å²) in [6.07, 6.45) is 0.0506. The lowest BCUT2D eigenvalue weighted by Crippen LogP contribution is -2.55. The highest BCUT2D eigenvalue weighted by Gasteiger charge is 2.45. The highest BCUT2D eigenvalue weighted by atomic mass is 28.4. The molecule has 0 radical (unpaired) electrons. The van der Waals surface area contributed by atoms with Crippen LogP contribution in [0.3, 0.4) is 0 Å². The fourth-order valence-corrected chi connectivity index (χ4v) is 5.40. The van der Waals surface area contributed by atoms with E-state index in [1.807, 2.05) is 42.5 Å². The number of hydrogen-bond acceptors (Lipinski definition) is 6. The van der Waals surface area contributed by atoms with Crippen LogP contribution in [0.25, 0.3) is 0 Å². The summed E-state index contributed by atoms with van der Waals surface area (Å²) in [7, 11) is -2.09. The van der Waals surface area contributed by atoms with Crippen LogP contribution in [-0.4, -0.2) is 56.2 Å². The zero-order valence-corrected chi connectivity index (χ0v) is 23.9. The maximum atomic E-state index is 13.4. The van der Waals surface area contributed by atoms with Crippen molar-refractivity contribution in [1.82, 2.24) is 4.90 Å². The molecule has 1 heterocycles. The van der Waals surface area contributed by atoms with Gasteiger partial charge in [-0.05, 0) is 54.7 Å². The first-order valence-corrected chi connectivity index (χ1v) is 15.9. The molecular weight excluding hydrogens is 486 g/mol. The van der Waals surface area contributed by atoms with E-state index < -0.39 is 20.3 Å². The Kier molecular flexibility index (Phi) is 9.42. The van der Waals surface area contributed by atoms with Crippen molar-refractivity contribution in [2.24, 2.45) is 5.92 Å². The van der Waals surface area contributed by atoms with Crippen LogP contribution < -0.4 is 0 Å². The maximum absolute atomic E-state index is 13.4. The predicted molar refractivity (Wildman–Crippen MR) is 146 cm³/mol. The molecule has 1 amide bonds. The van der Waals surface area contributed by atoms with Crippen molar-refractivity contribution < 1.29 is 28.6 Å². The summed E-state index contributed by atoms with van der Waals surface area (Å²) < 4.78 is 17.7. The smallest absolute Gasteiger partial charge is 0.410 e. The molecular formula is C29H41NO6Si. The topological polar surface area (TPSA) is 85.3 Å². The first-order chi connectivity index (χ1) is 17.4. The number of phenols is 1. The minimum atomic E-state index is -2.09. The fourth-order valence-electron chi connectivity index (χ4n) is 4.36. The van der Waals surface area contributed by atoms with Gasteiger partial charge in [-0.3, -0.25) is 4.79 Å². The molecule has 3 atom stereocenters. The minimum absolute atomic E-state index is 0.0180. The Hall–Kier alpha value is -2.84. The highest BCUT2D eigenvalue weighted by Crippen LogP contribution is 2.40. The predicted octanol–water partition coefficient (Wildman–Crippen LogP) is 6.09. The molecule has 1 N–H and O–H groups in total. The van der Waals surface area contributed by atoms with Gasteiger partial charge in [-0.1, -0.05) is 63.2 Å². The van der Waals surface area contributed by atoms with Crippen LogP contribution in [0.1, 0.15) is 51.2 Å². The van der Waals surface area contributed by atoms with Gasteiger partial charge in [-0.15, -0.1) is 0 Å². The third kappa shape index (κ3) is 7.35. The standard InChI is InChI=1S/C29H41NO6Si/c1-7-34-27(32)26-18-30(28(33)35-19-21-11-9-8-10-12-21)23(20-36-37(5,6)29(2,3)4)17-25(26)22-13-15-24(31)16-14-22/h8-16,23,25-26,31H,7,17-20H2,1-6H3. The van der Waals surface area contributed by atoms with Crippen molar-refractivity contribution in [3.05, 3.63) is 65.7 Å². The molecule has 2 aromatic carbocycles. The van der Waals surface area contributed by atoms with Crippen LogP contribution in [0, 0.1) is 5.92 Å². The lowest BCUT2D eigenvalue weighted by Gasteiger charge is -2.44. The van der Waals surface area contributed by atoms with E-state index in [-0.39, 0.29) is 48.5 Å². The lowest BCUT2D eigenvalue weighted by molar-refractivity contribution is -0.151. The summed E-state index contributed by atoms with van der Waals surface area (Å²) in [4.78, 5) is 28.1. The lowest BCUT2D eigenvalue weighted by atomic mass is 9.77. The number of amides is 1. The molecule has 0 aliphatic carbocycles. The van der Waals surface area contributed by atoms with E-state index >= 15 is 0 Å². The van der Waals surface area contributed by atoms with Crippen LogP contribution in [0.2, 0.25) is 18.1 Å². The van der Waals surface area contributed by atoms with Gasteiger partial charge in [0.15, 0.2) is 8.32 Å². The number of phenolic OH excluding ortho intramolecular Hbond substituents is 1. The summed E-state index contributed by atoms with van der Waals surface area (Å²) >= 11 is 0. The monoisotopic (exact) mass is 527 g/mol. The number of carbonyl (C=O) groups excluding carboxylic acids is 2. The van der Waals surface area contributed by atoms with Crippen LogP contribution in [0.15, 0.2) is 54.6 Å². The van der Waals surface area contributed by atoms with Gasteiger partial charge in [0.2, 0.25) is 0 Å². The van der Waals surface area contributed by atoms with Gasteiger partial charge in [-0.25, -0.2) is 4.79 Å². The Balaban J connectivity index is 1.89. The van der Waals surface area contributed by atoms with E-state index in [1.54, 1.807) is 24.0 Å². The summed E-state index contributed by atoms with van der Waals surface area (Å²) in [5.74, 6) is -0.926. The molecule has 8 heteroatoms. The third-order valence-corrected chi connectivity index (χ3v) is 12.1. The number of ether oxygens (including phenoxy) is 2. The average Bonchev–Trinajstić information content (AvgIpc) is 2.86. The number of aromatic hydroxyl groups is 1. The van der Waals surface area contributed by atoms with Crippen molar-refractivity contribution in [2.45, 2.75) is 70.8 Å². The Morgan fingerprint density at radius 3 is 2.27 bits per heavy atom. The molecule has 1 saturated heterocycles. The van der Waals surface area contributed by atoms with Gasteiger partial charge in [0, 0.05) is 12.5 Å². The summed E-state index contributed by atoms with van der Waals surface area (Å²) in [6, 6.07) is 16.2. The van der Waals surface area contributed by atoms with E-state index in [4.69, 9.17) is 13.9 Å². The summed E-state index contributed by atoms with van der Waals surface area (Å²) in [5.41, 5.74) is 1.82. The largest absolute Gasteiger partial charge is 0.508 e. The number of rotatable bonds is 8. The number of hydrogen-bond donors (Lipinski definition) is 1. The maximum Gasteiger partial charge on any atom is 0.410 e. The number of benzene rings is 2. The van der Waals surface area contributed by atoms with E-state index in [2.05, 4.69) is 33.9 Å².